The minimum atomic E-state index is 0.0167. The number of hydrogen-bond donors (Lipinski definition) is 0. The van der Waals surface area contributed by atoms with Gasteiger partial charge in [0.25, 0.3) is 0 Å². The van der Waals surface area contributed by atoms with Gasteiger partial charge in [-0.15, -0.1) is 0 Å². The van der Waals surface area contributed by atoms with Crippen molar-refractivity contribution in [2.45, 2.75) is 26.2 Å². The fourth-order valence-corrected chi connectivity index (χ4v) is 2.51. The molecule has 1 unspecified atom stereocenters. The van der Waals surface area contributed by atoms with E-state index < -0.39 is 0 Å². The summed E-state index contributed by atoms with van der Waals surface area (Å²) in [6.45, 7) is 4.07. The fraction of sp³-hybridized carbons (Fsp3) is 0.364. The summed E-state index contributed by atoms with van der Waals surface area (Å²) in [5.41, 5.74) is 2.48. The molecule has 1 aromatic rings. The lowest BCUT2D eigenvalue weighted by molar-refractivity contribution is -0.108. The van der Waals surface area contributed by atoms with Crippen LogP contribution in [-0.4, -0.2) is 6.29 Å². The number of halogens is 1. The van der Waals surface area contributed by atoms with Gasteiger partial charge in [-0.1, -0.05) is 26.0 Å². The zero-order valence-electron chi connectivity index (χ0n) is 7.88. The zero-order valence-corrected chi connectivity index (χ0v) is 10.0. The Morgan fingerprint density at radius 2 is 2.23 bits per heavy atom. The van der Waals surface area contributed by atoms with E-state index in [1.807, 2.05) is 13.0 Å². The van der Waals surface area contributed by atoms with E-state index >= 15 is 0 Å². The van der Waals surface area contributed by atoms with Crippen LogP contribution in [0.3, 0.4) is 0 Å². The molecule has 0 bridgehead atoms. The Bertz CT molecular complexity index is 307. The third-order valence-corrected chi connectivity index (χ3v) is 3.12. The quantitative estimate of drug-likeness (QED) is 0.617. The smallest absolute Gasteiger partial charge is 0.127 e. The summed E-state index contributed by atoms with van der Waals surface area (Å²) < 4.78 is 1.19. The average molecular weight is 288 g/mol. The molecule has 1 aromatic carbocycles. The Balaban J connectivity index is 3.22. The number of aryl methyl sites for hydroxylation is 1. The van der Waals surface area contributed by atoms with Crippen LogP contribution < -0.4 is 0 Å². The molecule has 0 aliphatic heterocycles. The Kier molecular flexibility index (Phi) is 3.90. The van der Waals surface area contributed by atoms with E-state index in [-0.39, 0.29) is 5.92 Å². The van der Waals surface area contributed by atoms with Crippen molar-refractivity contribution in [1.29, 1.82) is 0 Å². The van der Waals surface area contributed by atoms with E-state index in [0.29, 0.717) is 0 Å². The fourth-order valence-electron chi connectivity index (χ4n) is 1.47. The van der Waals surface area contributed by atoms with Crippen LogP contribution in [-0.2, 0) is 11.2 Å². The van der Waals surface area contributed by atoms with Gasteiger partial charge in [0.05, 0.1) is 0 Å². The van der Waals surface area contributed by atoms with E-state index in [1.54, 1.807) is 0 Å². The molecule has 0 saturated carbocycles. The monoisotopic (exact) mass is 288 g/mol. The molecule has 0 fully saturated rings. The number of rotatable bonds is 3. The Morgan fingerprint density at radius 1 is 1.54 bits per heavy atom. The average Bonchev–Trinajstić information content (AvgIpc) is 2.16. The Morgan fingerprint density at radius 3 is 2.77 bits per heavy atom. The van der Waals surface area contributed by atoms with Crippen molar-refractivity contribution in [2.75, 3.05) is 0 Å². The lowest BCUT2D eigenvalue weighted by atomic mass is 9.95. The highest BCUT2D eigenvalue weighted by atomic mass is 127. The predicted molar refractivity (Wildman–Crippen MR) is 63.0 cm³/mol. The van der Waals surface area contributed by atoms with Crippen molar-refractivity contribution in [3.63, 3.8) is 0 Å². The topological polar surface area (TPSA) is 17.1 Å². The van der Waals surface area contributed by atoms with Crippen molar-refractivity contribution >= 4 is 28.9 Å². The maximum atomic E-state index is 10.7. The summed E-state index contributed by atoms with van der Waals surface area (Å²) in [7, 11) is 0. The first-order valence-corrected chi connectivity index (χ1v) is 5.51. The van der Waals surface area contributed by atoms with Gasteiger partial charge in [-0.2, -0.15) is 0 Å². The van der Waals surface area contributed by atoms with Gasteiger partial charge < -0.3 is 4.79 Å². The van der Waals surface area contributed by atoms with Gasteiger partial charge in [0.1, 0.15) is 6.29 Å². The van der Waals surface area contributed by atoms with Gasteiger partial charge in [-0.3, -0.25) is 0 Å². The van der Waals surface area contributed by atoms with Crippen molar-refractivity contribution in [2.24, 2.45) is 0 Å². The van der Waals surface area contributed by atoms with Gasteiger partial charge in [-0.25, -0.2) is 0 Å². The van der Waals surface area contributed by atoms with Gasteiger partial charge in [0.2, 0.25) is 0 Å². The summed E-state index contributed by atoms with van der Waals surface area (Å²) in [5.74, 6) is 0.0167. The summed E-state index contributed by atoms with van der Waals surface area (Å²) in [4.78, 5) is 10.7. The highest BCUT2D eigenvalue weighted by Gasteiger charge is 2.11. The van der Waals surface area contributed by atoms with Crippen LogP contribution in [0.15, 0.2) is 18.2 Å². The summed E-state index contributed by atoms with van der Waals surface area (Å²) in [6, 6.07) is 6.19. The van der Waals surface area contributed by atoms with E-state index in [2.05, 4.69) is 41.6 Å². The molecule has 2 heteroatoms. The molecule has 0 amide bonds. The second-order valence-electron chi connectivity index (χ2n) is 3.09. The van der Waals surface area contributed by atoms with Crippen LogP contribution in [0.4, 0.5) is 0 Å². The predicted octanol–water partition coefficient (Wildman–Crippen LogP) is 3.16. The molecule has 1 nitrogen and oxygen atoms in total. The summed E-state index contributed by atoms with van der Waals surface area (Å²) in [5, 5.41) is 0. The molecule has 0 N–H and O–H groups in total. The molecule has 0 aliphatic rings. The lowest BCUT2D eigenvalue weighted by Crippen LogP contribution is -2.02. The normalized spacial score (nSPS) is 12.5. The van der Waals surface area contributed by atoms with Crippen molar-refractivity contribution in [3.8, 4) is 0 Å². The highest BCUT2D eigenvalue weighted by molar-refractivity contribution is 14.1. The minimum absolute atomic E-state index is 0.0167. The van der Waals surface area contributed by atoms with E-state index in [0.717, 1.165) is 12.7 Å². The van der Waals surface area contributed by atoms with Crippen molar-refractivity contribution in [3.05, 3.63) is 32.9 Å². The first-order chi connectivity index (χ1) is 6.20. The summed E-state index contributed by atoms with van der Waals surface area (Å²) >= 11 is 2.29. The summed E-state index contributed by atoms with van der Waals surface area (Å²) in [6.07, 6.45) is 2.00. The SMILES string of the molecule is CCc1cccc(I)c1C(C)C=O. The third kappa shape index (κ3) is 2.30. The zero-order chi connectivity index (χ0) is 9.84. The van der Waals surface area contributed by atoms with Crippen LogP contribution in [0.2, 0.25) is 0 Å². The van der Waals surface area contributed by atoms with Gasteiger partial charge >= 0.3 is 0 Å². The largest absolute Gasteiger partial charge is 0.303 e. The maximum absolute atomic E-state index is 10.7. The molecule has 0 saturated heterocycles. The molecule has 0 aliphatic carbocycles. The number of benzene rings is 1. The van der Waals surface area contributed by atoms with Crippen molar-refractivity contribution in [1.82, 2.24) is 0 Å². The van der Waals surface area contributed by atoms with Crippen LogP contribution in [0.1, 0.15) is 30.9 Å². The first kappa shape index (κ1) is 10.7. The molecule has 0 heterocycles. The Labute approximate surface area is 92.7 Å². The standard InChI is InChI=1S/C11H13IO/c1-3-9-5-4-6-10(12)11(9)8(2)7-13/h4-8H,3H2,1-2H3. The number of carbonyl (C=O) groups is 1. The molecule has 0 aromatic heterocycles. The van der Waals surface area contributed by atoms with E-state index in [4.69, 9.17) is 0 Å². The van der Waals surface area contributed by atoms with Gasteiger partial charge in [0, 0.05) is 9.49 Å². The molecular weight excluding hydrogens is 275 g/mol. The van der Waals surface area contributed by atoms with E-state index in [1.165, 1.54) is 14.7 Å². The van der Waals surface area contributed by atoms with Crippen LogP contribution in [0.5, 0.6) is 0 Å². The second kappa shape index (κ2) is 4.74. The molecule has 13 heavy (non-hydrogen) atoms. The molecule has 70 valence electrons. The lowest BCUT2D eigenvalue weighted by Gasteiger charge is -2.12. The first-order valence-electron chi connectivity index (χ1n) is 4.43. The van der Waals surface area contributed by atoms with Gasteiger partial charge in [-0.05, 0) is 46.2 Å². The molecular formula is C11H13IO. The van der Waals surface area contributed by atoms with Crippen LogP contribution in [0.25, 0.3) is 0 Å². The number of aldehydes is 1. The van der Waals surface area contributed by atoms with Crippen molar-refractivity contribution < 1.29 is 4.79 Å². The second-order valence-corrected chi connectivity index (χ2v) is 4.25. The van der Waals surface area contributed by atoms with E-state index in [9.17, 15) is 4.79 Å². The maximum Gasteiger partial charge on any atom is 0.127 e. The Hall–Kier alpha value is -0.380. The number of carbonyl (C=O) groups excluding carboxylic acids is 1. The van der Waals surface area contributed by atoms with Gasteiger partial charge in [0.15, 0.2) is 0 Å². The molecule has 1 rings (SSSR count). The number of hydrogen-bond acceptors (Lipinski definition) is 1. The molecule has 1 atom stereocenters. The molecule has 0 spiro atoms. The third-order valence-electron chi connectivity index (χ3n) is 2.18. The minimum Gasteiger partial charge on any atom is -0.303 e. The molecule has 0 radical (unpaired) electrons. The highest BCUT2D eigenvalue weighted by Crippen LogP contribution is 2.24. The van der Waals surface area contributed by atoms with Crippen LogP contribution >= 0.6 is 22.6 Å². The van der Waals surface area contributed by atoms with Crippen LogP contribution in [0, 0.1) is 3.57 Å².